The number of aromatic nitrogens is 1. The molecule has 2 aromatic rings. The fraction of sp³-hybridized carbons (Fsp3) is 0.200. The van der Waals surface area contributed by atoms with Crippen molar-refractivity contribution < 1.29 is 4.74 Å². The number of benzene rings is 1. The van der Waals surface area contributed by atoms with Crippen LogP contribution in [0.3, 0.4) is 0 Å². The number of methoxy groups -OCH3 is 1. The largest absolute Gasteiger partial charge is 0.380 e. The zero-order valence-electron chi connectivity index (χ0n) is 10.9. The van der Waals surface area contributed by atoms with Gasteiger partial charge < -0.3 is 4.74 Å². The summed E-state index contributed by atoms with van der Waals surface area (Å²) in [5, 5.41) is 10.1. The third kappa shape index (κ3) is 3.34. The summed E-state index contributed by atoms with van der Waals surface area (Å²) in [7, 11) is 1.63. The second kappa shape index (κ2) is 6.37. The van der Waals surface area contributed by atoms with Gasteiger partial charge in [-0.3, -0.25) is 0 Å². The lowest BCUT2D eigenvalue weighted by Gasteiger charge is -2.09. The number of hydrogen-bond donors (Lipinski definition) is 0. The highest BCUT2D eigenvalue weighted by molar-refractivity contribution is 7.99. The van der Waals surface area contributed by atoms with E-state index in [1.807, 2.05) is 43.3 Å². The van der Waals surface area contributed by atoms with Gasteiger partial charge in [0.25, 0.3) is 0 Å². The van der Waals surface area contributed by atoms with E-state index >= 15 is 0 Å². The molecule has 3 nitrogen and oxygen atoms in total. The van der Waals surface area contributed by atoms with E-state index in [9.17, 15) is 5.26 Å². The SMILES string of the molecule is COCc1cc(C)nc(Sc2ccccc2)c1C#N. The van der Waals surface area contributed by atoms with Gasteiger partial charge in [0.1, 0.15) is 11.1 Å². The molecule has 0 saturated carbocycles. The van der Waals surface area contributed by atoms with Crippen LogP contribution in [-0.4, -0.2) is 12.1 Å². The zero-order chi connectivity index (χ0) is 13.7. The molecule has 0 radical (unpaired) electrons. The van der Waals surface area contributed by atoms with Gasteiger partial charge in [-0.1, -0.05) is 30.0 Å². The Hall–Kier alpha value is -1.83. The summed E-state index contributed by atoms with van der Waals surface area (Å²) in [6, 6.07) is 14.1. The van der Waals surface area contributed by atoms with Crippen LogP contribution in [0, 0.1) is 18.3 Å². The summed E-state index contributed by atoms with van der Waals surface area (Å²) < 4.78 is 5.14. The minimum atomic E-state index is 0.425. The summed E-state index contributed by atoms with van der Waals surface area (Å²) in [5.41, 5.74) is 2.38. The van der Waals surface area contributed by atoms with Gasteiger partial charge in [0.2, 0.25) is 0 Å². The predicted octanol–water partition coefficient (Wildman–Crippen LogP) is 3.56. The standard InChI is InChI=1S/C15H14N2OS/c1-11-8-12(10-18-2)14(9-16)15(17-11)19-13-6-4-3-5-7-13/h3-8H,10H2,1-2H3. The maximum absolute atomic E-state index is 9.34. The molecule has 0 unspecified atom stereocenters. The molecule has 96 valence electrons. The molecule has 4 heteroatoms. The quantitative estimate of drug-likeness (QED) is 0.852. The molecule has 0 amide bonds. The topological polar surface area (TPSA) is 45.9 Å². The first kappa shape index (κ1) is 13.6. The van der Waals surface area contributed by atoms with Crippen LogP contribution in [0.15, 0.2) is 46.3 Å². The van der Waals surface area contributed by atoms with E-state index in [0.717, 1.165) is 21.2 Å². The van der Waals surface area contributed by atoms with Crippen molar-refractivity contribution in [2.24, 2.45) is 0 Å². The van der Waals surface area contributed by atoms with E-state index < -0.39 is 0 Å². The van der Waals surface area contributed by atoms with E-state index in [-0.39, 0.29) is 0 Å². The molecule has 0 fully saturated rings. The van der Waals surface area contributed by atoms with Gasteiger partial charge >= 0.3 is 0 Å². The molecule has 0 bridgehead atoms. The first-order chi connectivity index (χ1) is 9.24. The fourth-order valence-corrected chi connectivity index (χ4v) is 2.76. The number of ether oxygens (including phenoxy) is 1. The maximum Gasteiger partial charge on any atom is 0.119 e. The van der Waals surface area contributed by atoms with Gasteiger partial charge in [-0.2, -0.15) is 5.26 Å². The molecule has 1 aromatic carbocycles. The van der Waals surface area contributed by atoms with Crippen molar-refractivity contribution >= 4 is 11.8 Å². The molecule has 2 rings (SSSR count). The van der Waals surface area contributed by atoms with Crippen molar-refractivity contribution in [1.29, 1.82) is 5.26 Å². The Labute approximate surface area is 117 Å². The zero-order valence-corrected chi connectivity index (χ0v) is 11.7. The van der Waals surface area contributed by atoms with Crippen LogP contribution in [0.1, 0.15) is 16.8 Å². The van der Waals surface area contributed by atoms with Crippen molar-refractivity contribution in [3.05, 3.63) is 53.2 Å². The van der Waals surface area contributed by atoms with Gasteiger partial charge in [-0.15, -0.1) is 0 Å². The van der Waals surface area contributed by atoms with Gasteiger partial charge in [0, 0.05) is 23.3 Å². The fourth-order valence-electron chi connectivity index (χ4n) is 1.77. The van der Waals surface area contributed by atoms with E-state index in [0.29, 0.717) is 12.2 Å². The number of nitrogens with zero attached hydrogens (tertiary/aromatic N) is 2. The van der Waals surface area contributed by atoms with Crippen LogP contribution < -0.4 is 0 Å². The predicted molar refractivity (Wildman–Crippen MR) is 75.0 cm³/mol. The highest BCUT2D eigenvalue weighted by Gasteiger charge is 2.12. The second-order valence-electron chi connectivity index (χ2n) is 4.06. The Balaban J connectivity index is 2.42. The monoisotopic (exact) mass is 270 g/mol. The van der Waals surface area contributed by atoms with Gasteiger partial charge in [0.15, 0.2) is 0 Å². The smallest absolute Gasteiger partial charge is 0.119 e. The normalized spacial score (nSPS) is 10.2. The number of hydrogen-bond acceptors (Lipinski definition) is 4. The lowest BCUT2D eigenvalue weighted by Crippen LogP contribution is -1.99. The summed E-state index contributed by atoms with van der Waals surface area (Å²) in [4.78, 5) is 5.54. The van der Waals surface area contributed by atoms with Crippen molar-refractivity contribution in [2.45, 2.75) is 23.5 Å². The van der Waals surface area contributed by atoms with E-state index in [4.69, 9.17) is 4.74 Å². The highest BCUT2D eigenvalue weighted by atomic mass is 32.2. The molecule has 0 aliphatic rings. The minimum Gasteiger partial charge on any atom is -0.380 e. The summed E-state index contributed by atoms with van der Waals surface area (Å²) in [6.45, 7) is 2.35. The van der Waals surface area contributed by atoms with Crippen LogP contribution in [0.4, 0.5) is 0 Å². The molecule has 0 aliphatic carbocycles. The van der Waals surface area contributed by atoms with Crippen LogP contribution >= 0.6 is 11.8 Å². The lowest BCUT2D eigenvalue weighted by atomic mass is 10.1. The van der Waals surface area contributed by atoms with Crippen molar-refractivity contribution in [1.82, 2.24) is 4.98 Å². The molecule has 1 heterocycles. The molecular weight excluding hydrogens is 256 g/mol. The summed E-state index contributed by atoms with van der Waals surface area (Å²) in [6.07, 6.45) is 0. The molecule has 19 heavy (non-hydrogen) atoms. The minimum absolute atomic E-state index is 0.425. The Morgan fingerprint density at radius 1 is 1.32 bits per heavy atom. The van der Waals surface area contributed by atoms with Gasteiger partial charge in [-0.25, -0.2) is 4.98 Å². The summed E-state index contributed by atoms with van der Waals surface area (Å²) >= 11 is 1.50. The van der Waals surface area contributed by atoms with Crippen LogP contribution in [0.25, 0.3) is 0 Å². The average Bonchev–Trinajstić information content (AvgIpc) is 2.40. The third-order valence-corrected chi connectivity index (χ3v) is 3.56. The van der Waals surface area contributed by atoms with Crippen LogP contribution in [-0.2, 0) is 11.3 Å². The van der Waals surface area contributed by atoms with Crippen LogP contribution in [0.5, 0.6) is 0 Å². The maximum atomic E-state index is 9.34. The first-order valence-electron chi connectivity index (χ1n) is 5.87. The Morgan fingerprint density at radius 2 is 2.05 bits per heavy atom. The molecule has 0 N–H and O–H groups in total. The first-order valence-corrected chi connectivity index (χ1v) is 6.68. The van der Waals surface area contributed by atoms with E-state index in [1.165, 1.54) is 11.8 Å². The van der Waals surface area contributed by atoms with E-state index in [1.54, 1.807) is 7.11 Å². The average molecular weight is 270 g/mol. The van der Waals surface area contributed by atoms with Gasteiger partial charge in [0.05, 0.1) is 12.2 Å². The Morgan fingerprint density at radius 3 is 2.68 bits per heavy atom. The second-order valence-corrected chi connectivity index (χ2v) is 5.13. The molecule has 1 aromatic heterocycles. The molecule has 0 aliphatic heterocycles. The number of rotatable bonds is 4. The molecule has 0 spiro atoms. The van der Waals surface area contributed by atoms with Crippen molar-refractivity contribution in [3.8, 4) is 6.07 Å². The number of pyridine rings is 1. The Kier molecular flexibility index (Phi) is 4.56. The molecular formula is C15H14N2OS. The molecule has 0 atom stereocenters. The Bertz CT molecular complexity index is 606. The molecule has 0 saturated heterocycles. The van der Waals surface area contributed by atoms with Crippen LogP contribution in [0.2, 0.25) is 0 Å². The summed E-state index contributed by atoms with van der Waals surface area (Å²) in [5.74, 6) is 0. The third-order valence-electron chi connectivity index (χ3n) is 2.57. The van der Waals surface area contributed by atoms with Crippen molar-refractivity contribution in [2.75, 3.05) is 7.11 Å². The highest BCUT2D eigenvalue weighted by Crippen LogP contribution is 2.30. The number of aryl methyl sites for hydroxylation is 1. The van der Waals surface area contributed by atoms with Gasteiger partial charge in [-0.05, 0) is 25.1 Å². The van der Waals surface area contributed by atoms with E-state index in [2.05, 4.69) is 11.1 Å². The number of nitriles is 1. The lowest BCUT2D eigenvalue weighted by molar-refractivity contribution is 0.184. The van der Waals surface area contributed by atoms with Crippen molar-refractivity contribution in [3.63, 3.8) is 0 Å².